The summed E-state index contributed by atoms with van der Waals surface area (Å²) in [5, 5.41) is 21.9. The van der Waals surface area contributed by atoms with Crippen molar-refractivity contribution < 1.29 is 14.8 Å². The van der Waals surface area contributed by atoms with Crippen LogP contribution in [-0.2, 0) is 13.0 Å². The van der Waals surface area contributed by atoms with E-state index in [1.165, 1.54) is 17.0 Å². The fraction of sp³-hybridized carbons (Fsp3) is 0.231. The van der Waals surface area contributed by atoms with Gasteiger partial charge < -0.3 is 9.84 Å². The SMILES string of the molecule is O=[N+]([O-])c1cc(CO)ccc1OCCc1cccs1. The lowest BCUT2D eigenvalue weighted by molar-refractivity contribution is -0.386. The van der Waals surface area contributed by atoms with Gasteiger partial charge in [-0.3, -0.25) is 10.1 Å². The molecule has 2 rings (SSSR count). The number of thiophene rings is 1. The second-order valence-electron chi connectivity index (χ2n) is 3.90. The van der Waals surface area contributed by atoms with Gasteiger partial charge in [-0.05, 0) is 23.1 Å². The Morgan fingerprint density at radius 2 is 2.21 bits per heavy atom. The number of ether oxygens (including phenoxy) is 1. The van der Waals surface area contributed by atoms with Crippen LogP contribution in [0.2, 0.25) is 0 Å². The zero-order valence-corrected chi connectivity index (χ0v) is 10.9. The van der Waals surface area contributed by atoms with E-state index in [1.54, 1.807) is 17.4 Å². The van der Waals surface area contributed by atoms with E-state index < -0.39 is 4.92 Å². The second kappa shape index (κ2) is 6.31. The summed E-state index contributed by atoms with van der Waals surface area (Å²) in [6.45, 7) is 0.163. The Hall–Kier alpha value is -1.92. The molecule has 5 nitrogen and oxygen atoms in total. The molecule has 0 aliphatic rings. The van der Waals surface area contributed by atoms with Gasteiger partial charge in [-0.2, -0.15) is 0 Å². The van der Waals surface area contributed by atoms with Crippen LogP contribution < -0.4 is 4.74 Å². The summed E-state index contributed by atoms with van der Waals surface area (Å²) in [6, 6.07) is 8.43. The fourth-order valence-corrected chi connectivity index (χ4v) is 2.33. The molecule has 0 bridgehead atoms. The van der Waals surface area contributed by atoms with E-state index in [4.69, 9.17) is 9.84 Å². The number of benzene rings is 1. The lowest BCUT2D eigenvalue weighted by Crippen LogP contribution is -2.03. The summed E-state index contributed by atoms with van der Waals surface area (Å²) < 4.78 is 5.45. The number of aliphatic hydroxyl groups is 1. The summed E-state index contributed by atoms with van der Waals surface area (Å²) in [6.07, 6.45) is 0.719. The van der Waals surface area contributed by atoms with Crippen LogP contribution in [0.25, 0.3) is 0 Å². The topological polar surface area (TPSA) is 72.6 Å². The first-order valence-corrected chi connectivity index (χ1v) is 6.62. The maximum absolute atomic E-state index is 10.9. The lowest BCUT2D eigenvalue weighted by atomic mass is 10.2. The first-order valence-electron chi connectivity index (χ1n) is 5.74. The minimum absolute atomic E-state index is 0.113. The highest BCUT2D eigenvalue weighted by atomic mass is 32.1. The predicted molar refractivity (Wildman–Crippen MR) is 72.5 cm³/mol. The number of nitro groups is 1. The van der Waals surface area contributed by atoms with Gasteiger partial charge in [0.1, 0.15) is 0 Å². The van der Waals surface area contributed by atoms with Crippen LogP contribution in [0.3, 0.4) is 0 Å². The highest BCUT2D eigenvalue weighted by Crippen LogP contribution is 2.28. The van der Waals surface area contributed by atoms with Crippen molar-refractivity contribution in [3.05, 3.63) is 56.3 Å². The van der Waals surface area contributed by atoms with Gasteiger partial charge in [-0.1, -0.05) is 12.1 Å². The first-order chi connectivity index (χ1) is 9.20. The minimum atomic E-state index is -0.500. The van der Waals surface area contributed by atoms with Gasteiger partial charge in [-0.25, -0.2) is 0 Å². The van der Waals surface area contributed by atoms with Crippen molar-refractivity contribution in [1.82, 2.24) is 0 Å². The number of hydrogen-bond acceptors (Lipinski definition) is 5. The summed E-state index contributed by atoms with van der Waals surface area (Å²) in [4.78, 5) is 11.6. The molecular weight excluding hydrogens is 266 g/mol. The Balaban J connectivity index is 2.04. The van der Waals surface area contributed by atoms with Crippen molar-refractivity contribution in [3.8, 4) is 5.75 Å². The van der Waals surface area contributed by atoms with Gasteiger partial charge >= 0.3 is 5.69 Å². The predicted octanol–water partition coefficient (Wildman–Crippen LogP) is 2.77. The molecule has 0 amide bonds. The Labute approximate surface area is 114 Å². The lowest BCUT2D eigenvalue weighted by Gasteiger charge is -2.07. The van der Waals surface area contributed by atoms with Gasteiger partial charge in [0.25, 0.3) is 0 Å². The maximum atomic E-state index is 10.9. The van der Waals surface area contributed by atoms with Crippen LogP contribution in [0, 0.1) is 10.1 Å². The molecule has 2 aromatic rings. The Bertz CT molecular complexity index is 554. The number of rotatable bonds is 6. The van der Waals surface area contributed by atoms with Crippen molar-refractivity contribution in [3.63, 3.8) is 0 Å². The van der Waals surface area contributed by atoms with Crippen LogP contribution in [0.5, 0.6) is 5.75 Å². The molecule has 0 aliphatic carbocycles. The van der Waals surface area contributed by atoms with Crippen molar-refractivity contribution in [2.75, 3.05) is 6.61 Å². The minimum Gasteiger partial charge on any atom is -0.486 e. The summed E-state index contributed by atoms with van der Waals surface area (Å²) in [5.41, 5.74) is 0.384. The third-order valence-corrected chi connectivity index (χ3v) is 3.52. The molecule has 0 spiro atoms. The van der Waals surface area contributed by atoms with Gasteiger partial charge in [-0.15, -0.1) is 11.3 Å². The molecule has 19 heavy (non-hydrogen) atoms. The van der Waals surface area contributed by atoms with Crippen molar-refractivity contribution in [1.29, 1.82) is 0 Å². The average Bonchev–Trinajstić information content (AvgIpc) is 2.92. The molecule has 1 aromatic heterocycles. The monoisotopic (exact) mass is 279 g/mol. The summed E-state index contributed by atoms with van der Waals surface area (Å²) in [7, 11) is 0. The molecule has 1 heterocycles. The Kier molecular flexibility index (Phi) is 4.48. The molecule has 0 fully saturated rings. The third-order valence-electron chi connectivity index (χ3n) is 2.59. The van der Waals surface area contributed by atoms with Gasteiger partial charge in [0, 0.05) is 17.4 Å². The van der Waals surface area contributed by atoms with E-state index >= 15 is 0 Å². The van der Waals surface area contributed by atoms with Crippen LogP contribution in [0.15, 0.2) is 35.7 Å². The molecule has 6 heteroatoms. The fourth-order valence-electron chi connectivity index (χ4n) is 1.64. The molecule has 1 aromatic carbocycles. The number of nitrogens with zero attached hydrogens (tertiary/aromatic N) is 1. The van der Waals surface area contributed by atoms with Crippen LogP contribution in [0.1, 0.15) is 10.4 Å². The van der Waals surface area contributed by atoms with Gasteiger partial charge in [0.2, 0.25) is 0 Å². The molecule has 0 saturated carbocycles. The molecule has 100 valence electrons. The Morgan fingerprint density at radius 3 is 2.84 bits per heavy atom. The quantitative estimate of drug-likeness (QED) is 0.652. The van der Waals surface area contributed by atoms with E-state index in [9.17, 15) is 10.1 Å². The first kappa shape index (κ1) is 13.5. The zero-order chi connectivity index (χ0) is 13.7. The molecule has 0 saturated heterocycles. The molecule has 0 aliphatic heterocycles. The van der Waals surface area contributed by atoms with Crippen LogP contribution in [0.4, 0.5) is 5.69 Å². The van der Waals surface area contributed by atoms with Crippen LogP contribution >= 0.6 is 11.3 Å². The Morgan fingerprint density at radius 1 is 1.37 bits per heavy atom. The highest BCUT2D eigenvalue weighted by Gasteiger charge is 2.15. The van der Waals surface area contributed by atoms with E-state index in [0.717, 1.165) is 6.42 Å². The highest BCUT2D eigenvalue weighted by molar-refractivity contribution is 7.09. The van der Waals surface area contributed by atoms with E-state index in [0.29, 0.717) is 12.2 Å². The van der Waals surface area contributed by atoms with Crippen molar-refractivity contribution >= 4 is 17.0 Å². The van der Waals surface area contributed by atoms with E-state index in [-0.39, 0.29) is 18.0 Å². The van der Waals surface area contributed by atoms with Crippen LogP contribution in [-0.4, -0.2) is 16.6 Å². The van der Waals surface area contributed by atoms with Crippen molar-refractivity contribution in [2.45, 2.75) is 13.0 Å². The molecule has 0 radical (unpaired) electrons. The smallest absolute Gasteiger partial charge is 0.311 e. The molecular formula is C13H13NO4S. The van der Waals surface area contributed by atoms with Crippen molar-refractivity contribution in [2.24, 2.45) is 0 Å². The average molecular weight is 279 g/mol. The largest absolute Gasteiger partial charge is 0.486 e. The van der Waals surface area contributed by atoms with Gasteiger partial charge in [0.05, 0.1) is 18.1 Å². The number of nitro benzene ring substituents is 1. The van der Waals surface area contributed by atoms with E-state index in [1.807, 2.05) is 17.5 Å². The third kappa shape index (κ3) is 3.52. The molecule has 0 unspecified atom stereocenters. The second-order valence-corrected chi connectivity index (χ2v) is 4.93. The summed E-state index contributed by atoms with van der Waals surface area (Å²) in [5.74, 6) is 0.235. The number of hydrogen-bond donors (Lipinski definition) is 1. The normalized spacial score (nSPS) is 10.4. The zero-order valence-electron chi connectivity index (χ0n) is 10.1. The van der Waals surface area contributed by atoms with Gasteiger partial charge in [0.15, 0.2) is 5.75 Å². The standard InChI is InChI=1S/C13H13NO4S/c15-9-10-3-4-13(12(8-10)14(16)17)18-6-5-11-2-1-7-19-11/h1-4,7-8,15H,5-6,9H2. The maximum Gasteiger partial charge on any atom is 0.311 e. The van der Waals surface area contributed by atoms with E-state index in [2.05, 4.69) is 0 Å². The molecule has 1 N–H and O–H groups in total. The summed E-state index contributed by atoms with van der Waals surface area (Å²) >= 11 is 1.63. The molecule has 0 atom stereocenters. The number of aliphatic hydroxyl groups excluding tert-OH is 1.